The van der Waals surface area contributed by atoms with Gasteiger partial charge in [-0.25, -0.2) is 4.79 Å². The van der Waals surface area contributed by atoms with Gasteiger partial charge in [0.05, 0.1) is 22.3 Å². The number of aromatic nitrogens is 1. The second kappa shape index (κ2) is 9.64. The quantitative estimate of drug-likeness (QED) is 0.304. The Hall–Kier alpha value is -3.88. The van der Waals surface area contributed by atoms with E-state index in [1.165, 1.54) is 12.1 Å². The second-order valence-corrected chi connectivity index (χ2v) is 9.40. The zero-order valence-corrected chi connectivity index (χ0v) is 21.1. The third kappa shape index (κ3) is 4.41. The van der Waals surface area contributed by atoms with Crippen LogP contribution >= 0.6 is 23.8 Å². The summed E-state index contributed by atoms with van der Waals surface area (Å²) in [6.45, 7) is 0. The van der Waals surface area contributed by atoms with Crippen molar-refractivity contribution in [2.45, 2.75) is 12.1 Å². The molecule has 2 aromatic carbocycles. The molecule has 5 rings (SSSR count). The number of halogens is 1. The third-order valence-electron chi connectivity index (χ3n) is 6.14. The van der Waals surface area contributed by atoms with Crippen molar-refractivity contribution < 1.29 is 14.3 Å². The van der Waals surface area contributed by atoms with Crippen LogP contribution in [0.4, 0.5) is 11.4 Å². The Morgan fingerprint density at radius 3 is 2.56 bits per heavy atom. The van der Waals surface area contributed by atoms with Gasteiger partial charge in [0.15, 0.2) is 5.11 Å². The molecule has 36 heavy (non-hydrogen) atoms. The maximum atomic E-state index is 11.5. The molecule has 182 valence electrons. The number of hydrogen-bond donors (Lipinski definition) is 2. The van der Waals surface area contributed by atoms with Crippen LogP contribution in [0.3, 0.4) is 0 Å². The highest BCUT2D eigenvalue weighted by atomic mass is 35.5. The summed E-state index contributed by atoms with van der Waals surface area (Å²) in [6, 6.07) is 21.5. The Morgan fingerprint density at radius 2 is 1.89 bits per heavy atom. The van der Waals surface area contributed by atoms with Crippen LogP contribution in [0, 0.1) is 0 Å². The average molecular weight is 519 g/mol. The molecule has 1 saturated heterocycles. The van der Waals surface area contributed by atoms with Gasteiger partial charge in [0.1, 0.15) is 17.6 Å². The Labute approximate surface area is 218 Å². The number of carbonyl (C=O) groups is 1. The Kier molecular flexibility index (Phi) is 6.38. The van der Waals surface area contributed by atoms with E-state index in [9.17, 15) is 9.90 Å². The maximum Gasteiger partial charge on any atom is 0.335 e. The molecule has 2 N–H and O–H groups in total. The minimum Gasteiger partial charge on any atom is -0.478 e. The van der Waals surface area contributed by atoms with Gasteiger partial charge in [-0.15, -0.1) is 0 Å². The summed E-state index contributed by atoms with van der Waals surface area (Å²) in [6.07, 6.45) is 1.75. The summed E-state index contributed by atoms with van der Waals surface area (Å²) in [5.74, 6) is 0.0766. The second-order valence-electron chi connectivity index (χ2n) is 8.61. The molecule has 2 aromatic heterocycles. The molecule has 0 aliphatic carbocycles. The molecule has 2 unspecified atom stereocenters. The van der Waals surface area contributed by atoms with E-state index in [4.69, 9.17) is 28.2 Å². The number of pyridine rings is 1. The van der Waals surface area contributed by atoms with Gasteiger partial charge >= 0.3 is 5.97 Å². The summed E-state index contributed by atoms with van der Waals surface area (Å²) in [5, 5.41) is 13.8. The number of anilines is 2. The summed E-state index contributed by atoms with van der Waals surface area (Å²) in [7, 11) is 3.98. The smallest absolute Gasteiger partial charge is 0.335 e. The molecular weight excluding hydrogens is 496 g/mol. The van der Waals surface area contributed by atoms with E-state index in [0.717, 1.165) is 17.1 Å². The molecule has 1 fully saturated rings. The topological polar surface area (TPSA) is 81.8 Å². The van der Waals surface area contributed by atoms with Crippen LogP contribution in [0.25, 0.3) is 11.3 Å². The van der Waals surface area contributed by atoms with Gasteiger partial charge < -0.3 is 24.6 Å². The lowest BCUT2D eigenvalue weighted by Gasteiger charge is -2.26. The third-order valence-corrected chi connectivity index (χ3v) is 6.78. The fourth-order valence-electron chi connectivity index (χ4n) is 4.34. The van der Waals surface area contributed by atoms with Crippen LogP contribution in [0.2, 0.25) is 5.02 Å². The summed E-state index contributed by atoms with van der Waals surface area (Å²) in [5.41, 5.74) is 3.44. The molecule has 7 nitrogen and oxygen atoms in total. The van der Waals surface area contributed by atoms with Crippen molar-refractivity contribution in [2.75, 3.05) is 23.9 Å². The van der Waals surface area contributed by atoms with Crippen LogP contribution < -0.4 is 15.1 Å². The largest absolute Gasteiger partial charge is 0.478 e. The Balaban J connectivity index is 1.59. The van der Waals surface area contributed by atoms with Crippen molar-refractivity contribution in [1.29, 1.82) is 0 Å². The summed E-state index contributed by atoms with van der Waals surface area (Å²) >= 11 is 12.2. The number of nitrogens with one attached hydrogen (secondary N) is 1. The highest BCUT2D eigenvalue weighted by Crippen LogP contribution is 2.43. The predicted molar refractivity (Wildman–Crippen MR) is 145 cm³/mol. The van der Waals surface area contributed by atoms with Gasteiger partial charge in [-0.3, -0.25) is 4.98 Å². The van der Waals surface area contributed by atoms with Gasteiger partial charge in [0.25, 0.3) is 0 Å². The molecule has 4 aromatic rings. The number of benzene rings is 2. The van der Waals surface area contributed by atoms with E-state index in [2.05, 4.69) is 10.3 Å². The van der Waals surface area contributed by atoms with E-state index < -0.39 is 5.97 Å². The van der Waals surface area contributed by atoms with E-state index in [1.807, 2.05) is 72.4 Å². The maximum absolute atomic E-state index is 11.5. The highest BCUT2D eigenvalue weighted by molar-refractivity contribution is 7.80. The van der Waals surface area contributed by atoms with Gasteiger partial charge in [0, 0.05) is 37.2 Å². The van der Waals surface area contributed by atoms with E-state index >= 15 is 0 Å². The highest BCUT2D eigenvalue weighted by Gasteiger charge is 2.42. The van der Waals surface area contributed by atoms with Crippen LogP contribution in [-0.4, -0.2) is 35.3 Å². The fourth-order valence-corrected chi connectivity index (χ4v) is 4.89. The number of carboxylic acids is 1. The number of rotatable bonds is 6. The molecule has 1 aliphatic rings. The van der Waals surface area contributed by atoms with Gasteiger partial charge in [-0.2, -0.15) is 0 Å². The van der Waals surface area contributed by atoms with Crippen LogP contribution in [-0.2, 0) is 0 Å². The molecule has 0 spiro atoms. The van der Waals surface area contributed by atoms with Crippen molar-refractivity contribution in [3.8, 4) is 11.3 Å². The first-order chi connectivity index (χ1) is 17.3. The van der Waals surface area contributed by atoms with Gasteiger partial charge in [-0.1, -0.05) is 17.7 Å². The lowest BCUT2D eigenvalue weighted by atomic mass is 10.0. The first kappa shape index (κ1) is 23.8. The van der Waals surface area contributed by atoms with Crippen LogP contribution in [0.15, 0.2) is 83.4 Å². The monoisotopic (exact) mass is 518 g/mol. The van der Waals surface area contributed by atoms with Gasteiger partial charge in [-0.05, 0) is 78.9 Å². The normalized spacial score (nSPS) is 17.2. The van der Waals surface area contributed by atoms with Crippen molar-refractivity contribution in [3.63, 3.8) is 0 Å². The molecule has 3 heterocycles. The van der Waals surface area contributed by atoms with Crippen LogP contribution in [0.5, 0.6) is 0 Å². The first-order valence-corrected chi connectivity index (χ1v) is 12.0. The number of carboxylic acid groups (broad SMARTS) is 1. The van der Waals surface area contributed by atoms with Crippen molar-refractivity contribution in [1.82, 2.24) is 10.3 Å². The molecule has 0 bridgehead atoms. The number of thiocarbonyl (C=S) groups is 1. The number of aromatic carboxylic acids is 1. The van der Waals surface area contributed by atoms with E-state index in [-0.39, 0.29) is 17.6 Å². The van der Waals surface area contributed by atoms with Crippen LogP contribution in [0.1, 0.15) is 33.9 Å². The molecule has 9 heteroatoms. The van der Waals surface area contributed by atoms with E-state index in [0.29, 0.717) is 27.2 Å². The lowest BCUT2D eigenvalue weighted by molar-refractivity contribution is 0.0697. The molecular formula is C27H23ClN4O3S. The zero-order valence-electron chi connectivity index (χ0n) is 19.6. The minimum absolute atomic E-state index is 0.130. The fraction of sp³-hybridized carbons (Fsp3) is 0.148. The number of furan rings is 1. The molecule has 0 saturated carbocycles. The summed E-state index contributed by atoms with van der Waals surface area (Å²) in [4.78, 5) is 20.1. The zero-order chi connectivity index (χ0) is 25.4. The van der Waals surface area contributed by atoms with E-state index in [1.54, 1.807) is 18.3 Å². The number of nitrogens with zero attached hydrogens (tertiary/aromatic N) is 3. The molecule has 0 radical (unpaired) electrons. The predicted octanol–water partition coefficient (Wildman–Crippen LogP) is 5.94. The average Bonchev–Trinajstić information content (AvgIpc) is 3.49. The Morgan fingerprint density at radius 1 is 1.11 bits per heavy atom. The van der Waals surface area contributed by atoms with Crippen molar-refractivity contribution in [2.24, 2.45) is 0 Å². The molecule has 2 atom stereocenters. The van der Waals surface area contributed by atoms with Gasteiger partial charge in [0.2, 0.25) is 0 Å². The first-order valence-electron chi connectivity index (χ1n) is 11.2. The molecule has 1 aliphatic heterocycles. The minimum atomic E-state index is -1.03. The Bertz CT molecular complexity index is 1420. The number of hydrogen-bond acceptors (Lipinski definition) is 5. The standard InChI is InChI=1S/C27H23ClN4O3S/c1-31(2)17-7-9-18(10-8-17)32-25(24(30-27(32)36)21-5-3-4-14-29-21)23-13-12-22(35-23)19-15-16(26(33)34)6-11-20(19)28/h3-15,24-25H,1-2H3,(H,30,36)(H,33,34). The van der Waals surface area contributed by atoms with Crippen molar-refractivity contribution in [3.05, 3.63) is 101 Å². The summed E-state index contributed by atoms with van der Waals surface area (Å²) < 4.78 is 6.33. The van der Waals surface area contributed by atoms with Crippen molar-refractivity contribution >= 4 is 46.3 Å². The SMILES string of the molecule is CN(C)c1ccc(N2C(=S)NC(c3ccccn3)C2c2ccc(-c3cc(C(=O)O)ccc3Cl)o2)cc1. The molecule has 0 amide bonds. The lowest BCUT2D eigenvalue weighted by Crippen LogP contribution is -2.29.